The lowest BCUT2D eigenvalue weighted by molar-refractivity contribution is 0.0978. The van der Waals surface area contributed by atoms with Gasteiger partial charge in [-0.3, -0.25) is 4.79 Å². The Bertz CT molecular complexity index is 671. The fraction of sp³-hybridized carbons (Fsp3) is 0.412. The fourth-order valence-corrected chi connectivity index (χ4v) is 2.72. The molecular weight excluding hydrogens is 282 g/mol. The first-order chi connectivity index (χ1) is 10.7. The molecule has 1 aliphatic carbocycles. The molecule has 0 bridgehead atoms. The van der Waals surface area contributed by atoms with Crippen molar-refractivity contribution in [2.24, 2.45) is 0 Å². The van der Waals surface area contributed by atoms with Crippen LogP contribution in [0.3, 0.4) is 0 Å². The highest BCUT2D eigenvalue weighted by atomic mass is 16.5. The maximum absolute atomic E-state index is 11.3. The molecule has 116 valence electrons. The molecule has 1 N–H and O–H groups in total. The van der Waals surface area contributed by atoms with E-state index in [4.69, 9.17) is 9.26 Å². The van der Waals surface area contributed by atoms with Gasteiger partial charge in [-0.1, -0.05) is 17.3 Å². The van der Waals surface area contributed by atoms with Crippen LogP contribution < -0.4 is 4.74 Å². The van der Waals surface area contributed by atoms with E-state index in [1.165, 1.54) is 19.8 Å². The van der Waals surface area contributed by atoms with Gasteiger partial charge in [-0.15, -0.1) is 0 Å². The molecule has 1 aromatic carbocycles. The number of ether oxygens (including phenoxy) is 1. The summed E-state index contributed by atoms with van der Waals surface area (Å²) in [5.74, 6) is 0.756. The molecule has 22 heavy (non-hydrogen) atoms. The van der Waals surface area contributed by atoms with Crippen LogP contribution in [-0.4, -0.2) is 22.2 Å². The van der Waals surface area contributed by atoms with E-state index in [2.05, 4.69) is 5.16 Å². The summed E-state index contributed by atoms with van der Waals surface area (Å²) in [6, 6.07) is 7.14. The Morgan fingerprint density at radius 1 is 1.36 bits per heavy atom. The third-order valence-electron chi connectivity index (χ3n) is 3.99. The summed E-state index contributed by atoms with van der Waals surface area (Å²) >= 11 is 0. The summed E-state index contributed by atoms with van der Waals surface area (Å²) in [5, 5.41) is 13.4. The molecule has 2 aromatic rings. The van der Waals surface area contributed by atoms with Gasteiger partial charge in [-0.25, -0.2) is 0 Å². The maximum Gasteiger partial charge on any atom is 0.202 e. The predicted octanol–water partition coefficient (Wildman–Crippen LogP) is 3.36. The first-order valence-corrected chi connectivity index (χ1v) is 7.56. The van der Waals surface area contributed by atoms with E-state index >= 15 is 0 Å². The van der Waals surface area contributed by atoms with Gasteiger partial charge in [0.15, 0.2) is 5.78 Å². The van der Waals surface area contributed by atoms with Crippen molar-refractivity contribution in [2.75, 3.05) is 0 Å². The normalized spacial score (nSPS) is 15.2. The second kappa shape index (κ2) is 6.32. The zero-order chi connectivity index (χ0) is 15.5. The number of rotatable bonds is 5. The number of hydrogen-bond donors (Lipinski definition) is 1. The van der Waals surface area contributed by atoms with Crippen LogP contribution in [0.2, 0.25) is 0 Å². The van der Waals surface area contributed by atoms with Crippen molar-refractivity contribution in [2.45, 2.75) is 45.3 Å². The number of nitrogens with zero attached hydrogens (tertiary/aromatic N) is 1. The average Bonchev–Trinajstić information content (AvgIpc) is 3.18. The Labute approximate surface area is 128 Å². The second-order valence-electron chi connectivity index (χ2n) is 5.64. The van der Waals surface area contributed by atoms with Gasteiger partial charge in [-0.05, 0) is 31.7 Å². The van der Waals surface area contributed by atoms with Crippen molar-refractivity contribution in [1.29, 1.82) is 0 Å². The molecule has 0 spiro atoms. The molecule has 1 aliphatic rings. The Hall–Kier alpha value is -2.14. The van der Waals surface area contributed by atoms with Crippen molar-refractivity contribution in [3.63, 3.8) is 0 Å². The number of carbonyl (C=O) groups is 1. The Kier molecular flexibility index (Phi) is 4.24. The molecule has 0 unspecified atom stereocenters. The van der Waals surface area contributed by atoms with Gasteiger partial charge in [0.25, 0.3) is 0 Å². The summed E-state index contributed by atoms with van der Waals surface area (Å²) in [6.07, 6.45) is 4.68. The quantitative estimate of drug-likeness (QED) is 0.857. The first kappa shape index (κ1) is 14.8. The second-order valence-corrected chi connectivity index (χ2v) is 5.64. The van der Waals surface area contributed by atoms with Gasteiger partial charge in [0.2, 0.25) is 5.76 Å². The van der Waals surface area contributed by atoms with Crippen LogP contribution in [0.5, 0.6) is 5.75 Å². The minimum Gasteiger partial charge on any atom is -0.490 e. The number of aliphatic hydroxyl groups excluding tert-OH is 1. The lowest BCUT2D eigenvalue weighted by Gasteiger charge is -2.16. The van der Waals surface area contributed by atoms with E-state index in [0.717, 1.165) is 24.0 Å². The largest absolute Gasteiger partial charge is 0.490 e. The predicted molar refractivity (Wildman–Crippen MR) is 80.8 cm³/mol. The summed E-state index contributed by atoms with van der Waals surface area (Å²) in [7, 11) is 0. The van der Waals surface area contributed by atoms with E-state index < -0.39 is 0 Å². The number of benzene rings is 1. The van der Waals surface area contributed by atoms with Gasteiger partial charge in [-0.2, -0.15) is 0 Å². The minimum atomic E-state index is -0.159. The zero-order valence-corrected chi connectivity index (χ0v) is 12.5. The fourth-order valence-electron chi connectivity index (χ4n) is 2.72. The number of aromatic nitrogens is 1. The summed E-state index contributed by atoms with van der Waals surface area (Å²) in [4.78, 5) is 11.3. The molecule has 0 amide bonds. The van der Waals surface area contributed by atoms with Crippen molar-refractivity contribution >= 4 is 5.78 Å². The number of hydrogen-bond acceptors (Lipinski definition) is 5. The Morgan fingerprint density at radius 3 is 2.77 bits per heavy atom. The van der Waals surface area contributed by atoms with Gasteiger partial charge in [0.1, 0.15) is 11.4 Å². The monoisotopic (exact) mass is 301 g/mol. The number of ketones is 1. The van der Waals surface area contributed by atoms with Crippen molar-refractivity contribution in [3.05, 3.63) is 35.6 Å². The molecule has 1 heterocycles. The topological polar surface area (TPSA) is 72.6 Å². The summed E-state index contributed by atoms with van der Waals surface area (Å²) in [5.41, 5.74) is 2.15. The van der Waals surface area contributed by atoms with E-state index in [-0.39, 0.29) is 24.3 Å². The van der Waals surface area contributed by atoms with Crippen molar-refractivity contribution < 1.29 is 19.2 Å². The molecule has 5 heteroatoms. The van der Waals surface area contributed by atoms with Crippen LogP contribution in [0, 0.1) is 0 Å². The number of aliphatic hydroxyl groups is 1. The van der Waals surface area contributed by atoms with Crippen LogP contribution >= 0.6 is 0 Å². The highest BCUT2D eigenvalue weighted by Crippen LogP contribution is 2.31. The van der Waals surface area contributed by atoms with E-state index in [1.54, 1.807) is 6.07 Å². The van der Waals surface area contributed by atoms with E-state index in [9.17, 15) is 9.90 Å². The lowest BCUT2D eigenvalue weighted by atomic mass is 10.1. The summed E-state index contributed by atoms with van der Waals surface area (Å²) < 4.78 is 11.0. The molecule has 3 rings (SSSR count). The van der Waals surface area contributed by atoms with Crippen LogP contribution in [-0.2, 0) is 6.61 Å². The molecule has 5 nitrogen and oxygen atoms in total. The average molecular weight is 301 g/mol. The van der Waals surface area contributed by atoms with Crippen LogP contribution in [0.15, 0.2) is 28.8 Å². The summed E-state index contributed by atoms with van der Waals surface area (Å²) in [6.45, 7) is 1.37. The van der Waals surface area contributed by atoms with E-state index in [0.29, 0.717) is 11.4 Å². The zero-order valence-electron chi connectivity index (χ0n) is 12.5. The molecule has 0 atom stereocenters. The van der Waals surface area contributed by atoms with Gasteiger partial charge < -0.3 is 14.4 Å². The Morgan fingerprint density at radius 2 is 2.14 bits per heavy atom. The van der Waals surface area contributed by atoms with Crippen molar-refractivity contribution in [1.82, 2.24) is 5.16 Å². The molecule has 1 fully saturated rings. The Balaban J connectivity index is 1.89. The molecule has 1 saturated carbocycles. The van der Waals surface area contributed by atoms with Crippen LogP contribution in [0.25, 0.3) is 11.3 Å². The van der Waals surface area contributed by atoms with Crippen LogP contribution in [0.1, 0.15) is 48.7 Å². The van der Waals surface area contributed by atoms with Crippen LogP contribution in [0.4, 0.5) is 0 Å². The van der Waals surface area contributed by atoms with Crippen molar-refractivity contribution in [3.8, 4) is 17.0 Å². The van der Waals surface area contributed by atoms with Gasteiger partial charge >= 0.3 is 0 Å². The smallest absolute Gasteiger partial charge is 0.202 e. The maximum atomic E-state index is 11.3. The molecule has 0 radical (unpaired) electrons. The minimum absolute atomic E-state index is 0.0696. The third kappa shape index (κ3) is 3.04. The highest BCUT2D eigenvalue weighted by molar-refractivity contribution is 5.92. The SMILES string of the molecule is CC(=O)c1cc(-c2ccc(CO)c(OC3CCCC3)c2)no1. The molecule has 1 aromatic heterocycles. The standard InChI is InChI=1S/C17H19NO4/c1-11(20)16-9-15(18-22-16)12-6-7-13(10-19)17(8-12)21-14-4-2-3-5-14/h6-9,14,19H,2-5,10H2,1H3. The van der Waals surface area contributed by atoms with Gasteiger partial charge in [0, 0.05) is 24.1 Å². The molecule has 0 aliphatic heterocycles. The number of carbonyl (C=O) groups excluding carboxylic acids is 1. The highest BCUT2D eigenvalue weighted by Gasteiger charge is 2.19. The first-order valence-electron chi connectivity index (χ1n) is 7.56. The van der Waals surface area contributed by atoms with Gasteiger partial charge in [0.05, 0.1) is 12.7 Å². The molecule has 0 saturated heterocycles. The number of Topliss-reactive ketones (excluding diaryl/α,β-unsaturated/α-hetero) is 1. The van der Waals surface area contributed by atoms with E-state index in [1.807, 2.05) is 18.2 Å². The lowest BCUT2D eigenvalue weighted by Crippen LogP contribution is -2.12. The molecular formula is C17H19NO4. The third-order valence-corrected chi connectivity index (χ3v) is 3.99.